The maximum absolute atomic E-state index is 13.9. The number of ether oxygens (including phenoxy) is 1. The largest absolute Gasteiger partial charge is 0.457 e. The molecule has 0 radical (unpaired) electrons. The van der Waals surface area contributed by atoms with Crippen LogP contribution in [-0.2, 0) is 11.2 Å². The molecular weight excluding hydrogens is 684 g/mol. The van der Waals surface area contributed by atoms with Gasteiger partial charge in [-0.1, -0.05) is 12.1 Å². The summed E-state index contributed by atoms with van der Waals surface area (Å²) in [5.41, 5.74) is -17.9. The molecule has 3 aromatic carbocycles. The van der Waals surface area contributed by atoms with Gasteiger partial charge in [-0.2, -0.15) is 52.7 Å². The Morgan fingerprint density at radius 3 is 1.48 bits per heavy atom. The summed E-state index contributed by atoms with van der Waals surface area (Å²) >= 11 is 0. The van der Waals surface area contributed by atoms with Crippen molar-refractivity contribution in [2.24, 2.45) is 0 Å². The summed E-state index contributed by atoms with van der Waals surface area (Å²) < 4.78 is 171. The molecule has 0 spiro atoms. The average Bonchev–Trinajstić information content (AvgIpc) is 2.95. The molecule has 0 aromatic heterocycles. The molecule has 3 aromatic rings. The Hall–Kier alpha value is -4.52. The number of hydrogen-bond donors (Lipinski definition) is 4. The summed E-state index contributed by atoms with van der Waals surface area (Å²) in [7, 11) is 0. The number of carbonyl (C=O) groups is 2. The van der Waals surface area contributed by atoms with E-state index in [0.29, 0.717) is 24.3 Å². The van der Waals surface area contributed by atoms with E-state index in [1.807, 2.05) is 0 Å². The van der Waals surface area contributed by atoms with Gasteiger partial charge in [0.2, 0.25) is 0 Å². The minimum atomic E-state index is -6.53. The van der Waals surface area contributed by atoms with E-state index in [9.17, 15) is 72.5 Å². The van der Waals surface area contributed by atoms with Crippen molar-refractivity contribution in [3.05, 3.63) is 82.9 Å². The van der Waals surface area contributed by atoms with E-state index in [0.717, 1.165) is 19.1 Å². The average molecular weight is 706 g/mol. The van der Waals surface area contributed by atoms with Gasteiger partial charge in [0.15, 0.2) is 5.78 Å². The second-order valence-corrected chi connectivity index (χ2v) is 10.1. The van der Waals surface area contributed by atoms with Gasteiger partial charge in [0.1, 0.15) is 11.5 Å². The van der Waals surface area contributed by atoms with Crippen LogP contribution in [0, 0.1) is 0 Å². The van der Waals surface area contributed by atoms with Crippen molar-refractivity contribution in [1.29, 1.82) is 0 Å². The van der Waals surface area contributed by atoms with Gasteiger partial charge in [-0.05, 0) is 62.4 Å². The van der Waals surface area contributed by atoms with Crippen LogP contribution in [0.1, 0.15) is 45.7 Å². The van der Waals surface area contributed by atoms with Crippen LogP contribution < -0.4 is 15.4 Å². The van der Waals surface area contributed by atoms with Gasteiger partial charge in [-0.25, -0.2) is 0 Å². The molecule has 4 N–H and O–H groups in total. The van der Waals surface area contributed by atoms with Crippen molar-refractivity contribution in [1.82, 2.24) is 0 Å². The molecule has 0 saturated carbocycles. The second-order valence-electron chi connectivity index (χ2n) is 10.1. The zero-order chi connectivity index (χ0) is 36.7. The van der Waals surface area contributed by atoms with Gasteiger partial charge in [0.05, 0.1) is 0 Å². The van der Waals surface area contributed by atoms with Crippen LogP contribution in [0.15, 0.2) is 60.7 Å². The first-order valence-electron chi connectivity index (χ1n) is 13.1. The molecule has 0 heterocycles. The monoisotopic (exact) mass is 706 g/mol. The van der Waals surface area contributed by atoms with E-state index in [4.69, 9.17) is 4.74 Å². The number of anilines is 2. The molecule has 0 aliphatic heterocycles. The number of rotatable bonds is 9. The lowest BCUT2D eigenvalue weighted by Crippen LogP contribution is -2.54. The van der Waals surface area contributed by atoms with Crippen molar-refractivity contribution in [2.75, 3.05) is 17.2 Å². The molecule has 0 aliphatic carbocycles. The molecule has 0 unspecified atom stereocenters. The normalized spacial score (nSPS) is 13.2. The van der Waals surface area contributed by atoms with Crippen molar-refractivity contribution in [3.63, 3.8) is 0 Å². The van der Waals surface area contributed by atoms with Crippen LogP contribution in [0.4, 0.5) is 64.1 Å². The Labute approximate surface area is 262 Å². The first kappa shape index (κ1) is 37.9. The van der Waals surface area contributed by atoms with Crippen LogP contribution >= 0.6 is 0 Å². The quantitative estimate of drug-likeness (QED) is 0.133. The molecule has 0 bridgehead atoms. The fraction of sp³-hybridized carbons (Fsp3) is 0.310. The Bertz CT molecular complexity index is 1650. The molecule has 3 rings (SSSR count). The molecule has 0 atom stereocenters. The summed E-state index contributed by atoms with van der Waals surface area (Å²) in [6, 6.07) is 6.59. The number of alkyl halides is 12. The Morgan fingerprint density at radius 2 is 1.06 bits per heavy atom. The Kier molecular flexibility index (Phi) is 10.1. The van der Waals surface area contributed by atoms with Crippen molar-refractivity contribution in [2.45, 2.75) is 49.8 Å². The summed E-state index contributed by atoms with van der Waals surface area (Å²) in [4.78, 5) is 24.5. The number of carbonyl (C=O) groups excluding carboxylic acids is 2. The number of hydrogen-bond acceptors (Lipinski definition) is 6. The predicted molar refractivity (Wildman–Crippen MR) is 144 cm³/mol. The van der Waals surface area contributed by atoms with Gasteiger partial charge in [-0.3, -0.25) is 9.59 Å². The van der Waals surface area contributed by atoms with Gasteiger partial charge in [-0.15, -0.1) is 0 Å². The lowest BCUT2D eigenvalue weighted by molar-refractivity contribution is -0.376. The smallest absolute Gasteiger partial charge is 0.430 e. The number of amides is 1. The van der Waals surface area contributed by atoms with E-state index in [-0.39, 0.29) is 24.2 Å². The predicted octanol–water partition coefficient (Wildman–Crippen LogP) is 7.99. The van der Waals surface area contributed by atoms with Crippen LogP contribution in [0.3, 0.4) is 0 Å². The van der Waals surface area contributed by atoms with Crippen molar-refractivity contribution in [3.8, 4) is 11.5 Å². The zero-order valence-corrected chi connectivity index (χ0v) is 24.1. The lowest BCUT2D eigenvalue weighted by Gasteiger charge is -2.34. The number of halogens is 12. The third kappa shape index (κ3) is 7.01. The van der Waals surface area contributed by atoms with Gasteiger partial charge in [0, 0.05) is 40.2 Å². The van der Waals surface area contributed by atoms with E-state index in [1.54, 1.807) is 5.32 Å². The summed E-state index contributed by atoms with van der Waals surface area (Å²) in [6.45, 7) is 2.12. The van der Waals surface area contributed by atoms with Crippen molar-refractivity contribution < 1.29 is 77.2 Å². The third-order valence-corrected chi connectivity index (χ3v) is 6.79. The summed E-state index contributed by atoms with van der Waals surface area (Å²) in [5, 5.41) is 24.0. The van der Waals surface area contributed by atoms with Crippen LogP contribution in [-0.4, -0.2) is 53.2 Å². The lowest BCUT2D eigenvalue weighted by atomic mass is 9.90. The van der Waals surface area contributed by atoms with Crippen LogP contribution in [0.5, 0.6) is 11.5 Å². The fourth-order valence-corrected chi connectivity index (χ4v) is 4.37. The van der Waals surface area contributed by atoms with Crippen molar-refractivity contribution >= 4 is 23.1 Å². The molecule has 262 valence electrons. The minimum Gasteiger partial charge on any atom is -0.457 e. The van der Waals surface area contributed by atoms with E-state index >= 15 is 0 Å². The molecule has 0 fully saturated rings. The molecule has 48 heavy (non-hydrogen) atoms. The molecule has 19 heteroatoms. The fourth-order valence-electron chi connectivity index (χ4n) is 4.37. The number of benzene rings is 3. The first-order valence-corrected chi connectivity index (χ1v) is 13.1. The number of aliphatic hydroxyl groups is 2. The van der Waals surface area contributed by atoms with Crippen LogP contribution in [0.2, 0.25) is 0 Å². The highest BCUT2D eigenvalue weighted by atomic mass is 19.4. The van der Waals surface area contributed by atoms with E-state index in [2.05, 4.69) is 5.32 Å². The first-order chi connectivity index (χ1) is 21.8. The van der Waals surface area contributed by atoms with Crippen LogP contribution in [0.25, 0.3) is 0 Å². The van der Waals surface area contributed by atoms with E-state index < -0.39 is 87.2 Å². The maximum atomic E-state index is 13.9. The maximum Gasteiger partial charge on any atom is 0.430 e. The number of ketones is 1. The molecule has 0 saturated heterocycles. The second kappa shape index (κ2) is 12.8. The number of nitrogens with one attached hydrogen (secondary N) is 2. The van der Waals surface area contributed by atoms with E-state index in [1.165, 1.54) is 19.1 Å². The highest BCUT2D eigenvalue weighted by molar-refractivity contribution is 6.06. The SMILES string of the molecule is CCNc1ccc(Oc2ccc(NC(=O)c3cccc(C(C)=O)c3)c(C(O)(C(F)(F)F)C(F)(F)F)c2)cc1C(O)(C(F)(F)F)C(F)(F)F. The summed E-state index contributed by atoms with van der Waals surface area (Å²) in [5.74, 6) is -4.04. The molecule has 1 amide bonds. The van der Waals surface area contributed by atoms with Gasteiger partial charge in [0.25, 0.3) is 17.1 Å². The summed E-state index contributed by atoms with van der Waals surface area (Å²) in [6.07, 6.45) is -25.8. The highest BCUT2D eigenvalue weighted by Gasteiger charge is 2.73. The standard InChI is InChI=1S/C29H22F12N2O5/c1-3-42-21-9-7-17(12-19(21)24(46,26(30,31)32)27(33,34)35)48-18-8-10-22(20(13-18)25(47,28(36,37)38)29(39,40)41)43-23(45)16-6-4-5-15(11-16)14(2)44/h4-13,42,46-47H,3H2,1-2H3,(H,43,45). The molecular formula is C29H22F12N2O5. The number of Topliss-reactive ketones (excluding diaryl/α,β-unsaturated/α-hetero) is 1. The molecule has 0 aliphatic rings. The highest BCUT2D eigenvalue weighted by Crippen LogP contribution is 2.54. The molecule has 7 nitrogen and oxygen atoms in total. The Morgan fingerprint density at radius 1 is 0.646 bits per heavy atom. The minimum absolute atomic E-state index is 0.00998. The topological polar surface area (TPSA) is 108 Å². The van der Waals surface area contributed by atoms with Gasteiger partial charge < -0.3 is 25.6 Å². The Balaban J connectivity index is 2.23. The zero-order valence-electron chi connectivity index (χ0n) is 24.1. The third-order valence-electron chi connectivity index (χ3n) is 6.79. The van der Waals surface area contributed by atoms with Gasteiger partial charge >= 0.3 is 24.7 Å².